The van der Waals surface area contributed by atoms with Crippen LogP contribution in [0.5, 0.6) is 0 Å². The Hall–Kier alpha value is -3.87. The van der Waals surface area contributed by atoms with Crippen molar-refractivity contribution in [1.82, 2.24) is 26.1 Å². The normalized spacial score (nSPS) is 17.7. The van der Waals surface area contributed by atoms with Crippen LogP contribution in [0.15, 0.2) is 36.4 Å². The molecule has 0 saturated carbocycles. The second kappa shape index (κ2) is 14.7. The number of carbonyl (C=O) groups excluding carboxylic acids is 4. The van der Waals surface area contributed by atoms with Gasteiger partial charge in [0.15, 0.2) is 6.10 Å². The smallest absolute Gasteiger partial charge is 0.332 e. The molecule has 1 aromatic carbocycles. The summed E-state index contributed by atoms with van der Waals surface area (Å²) in [5, 5.41) is 25.8. The van der Waals surface area contributed by atoms with Gasteiger partial charge >= 0.3 is 5.97 Å². The molecular formula is C29H39N5O7. The minimum Gasteiger partial charge on any atom is -0.450 e. The van der Waals surface area contributed by atoms with Crippen molar-refractivity contribution in [3.63, 3.8) is 0 Å². The average Bonchev–Trinajstić information content (AvgIpc) is 2.97. The van der Waals surface area contributed by atoms with Crippen molar-refractivity contribution in [2.24, 2.45) is 5.92 Å². The number of hydrogen-bond donors (Lipinski definition) is 5. The molecule has 5 N–H and O–H groups in total. The zero-order valence-electron chi connectivity index (χ0n) is 23.8. The van der Waals surface area contributed by atoms with E-state index in [2.05, 4.69) is 16.1 Å². The molecule has 1 aromatic heterocycles. The monoisotopic (exact) mass is 569 g/mol. The lowest BCUT2D eigenvalue weighted by Crippen LogP contribution is -2.61. The molecule has 0 bridgehead atoms. The Morgan fingerprint density at radius 3 is 2.54 bits per heavy atom. The van der Waals surface area contributed by atoms with Gasteiger partial charge in [-0.25, -0.2) is 10.2 Å². The molecule has 3 amide bonds. The lowest BCUT2D eigenvalue weighted by molar-refractivity contribution is -0.161. The maximum absolute atomic E-state index is 13.1. The Morgan fingerprint density at radius 1 is 1.12 bits per heavy atom. The van der Waals surface area contributed by atoms with Gasteiger partial charge in [-0.2, -0.15) is 0 Å². The van der Waals surface area contributed by atoms with Crippen LogP contribution in [0.25, 0.3) is 17.0 Å². The SMILES string of the molecule is CC(C)[C@H](OC(=O)CO)C(=O)N[C@@H](C)C(=O)N1CCC[C@@H](C(=O)N[C@H](C)c2ccc3ccc(/C=C/CO)cc3n2)N1. The summed E-state index contributed by atoms with van der Waals surface area (Å²) in [6, 6.07) is 7.56. The van der Waals surface area contributed by atoms with E-state index >= 15 is 0 Å². The number of pyridine rings is 1. The van der Waals surface area contributed by atoms with E-state index in [0.29, 0.717) is 25.1 Å². The lowest BCUT2D eigenvalue weighted by Gasteiger charge is -2.35. The summed E-state index contributed by atoms with van der Waals surface area (Å²) in [4.78, 5) is 55.0. The zero-order chi connectivity index (χ0) is 30.1. The van der Waals surface area contributed by atoms with Gasteiger partial charge in [0.05, 0.1) is 23.9 Å². The fourth-order valence-electron chi connectivity index (χ4n) is 4.47. The largest absolute Gasteiger partial charge is 0.450 e. The van der Waals surface area contributed by atoms with Crippen molar-refractivity contribution in [3.05, 3.63) is 47.7 Å². The number of esters is 1. The number of aliphatic hydroxyl groups is 2. The number of carbonyl (C=O) groups is 4. The number of aliphatic hydroxyl groups excluding tert-OH is 2. The topological polar surface area (TPSA) is 170 Å². The molecule has 222 valence electrons. The Bertz CT molecular complexity index is 1280. The number of nitrogens with one attached hydrogen (secondary N) is 3. The molecule has 0 aliphatic carbocycles. The Labute approximate surface area is 239 Å². The van der Waals surface area contributed by atoms with Crippen LogP contribution >= 0.6 is 0 Å². The van der Waals surface area contributed by atoms with Crippen LogP contribution in [0.3, 0.4) is 0 Å². The second-order valence-electron chi connectivity index (χ2n) is 10.4. The predicted octanol–water partition coefficient (Wildman–Crippen LogP) is 0.978. The Kier molecular flexibility index (Phi) is 11.3. The number of amides is 3. The quantitative estimate of drug-likeness (QED) is 0.248. The van der Waals surface area contributed by atoms with Gasteiger partial charge in [-0.15, -0.1) is 0 Å². The minimum absolute atomic E-state index is 0.0541. The van der Waals surface area contributed by atoms with Crippen LogP contribution in [0, 0.1) is 5.92 Å². The third-order valence-electron chi connectivity index (χ3n) is 6.71. The fraction of sp³-hybridized carbons (Fsp3) is 0.483. The molecule has 1 saturated heterocycles. The van der Waals surface area contributed by atoms with Crippen LogP contribution in [-0.4, -0.2) is 81.8 Å². The van der Waals surface area contributed by atoms with Crippen LogP contribution in [0.1, 0.15) is 57.8 Å². The Balaban J connectivity index is 1.60. The Morgan fingerprint density at radius 2 is 1.85 bits per heavy atom. The molecule has 2 heterocycles. The maximum Gasteiger partial charge on any atom is 0.332 e. The highest BCUT2D eigenvalue weighted by Gasteiger charge is 2.33. The van der Waals surface area contributed by atoms with E-state index in [9.17, 15) is 19.2 Å². The first-order valence-electron chi connectivity index (χ1n) is 13.7. The maximum atomic E-state index is 13.1. The summed E-state index contributed by atoms with van der Waals surface area (Å²) >= 11 is 0. The van der Waals surface area contributed by atoms with Gasteiger partial charge in [0.1, 0.15) is 18.7 Å². The molecule has 3 rings (SSSR count). The van der Waals surface area contributed by atoms with Crippen LogP contribution in [-0.2, 0) is 23.9 Å². The fourth-order valence-corrected chi connectivity index (χ4v) is 4.47. The van der Waals surface area contributed by atoms with Crippen molar-refractivity contribution in [2.75, 3.05) is 19.8 Å². The summed E-state index contributed by atoms with van der Waals surface area (Å²) in [6.07, 6.45) is 3.38. The summed E-state index contributed by atoms with van der Waals surface area (Å²) in [5.41, 5.74) is 5.31. The molecule has 2 aromatic rings. The molecule has 0 unspecified atom stereocenters. The standard InChI is InChI=1S/C29H39N5O7/c1-17(2)26(41-25(37)16-36)28(39)31-19(4)29(40)34-13-5-8-23(33-34)27(38)30-18(3)22-12-11-21-10-9-20(7-6-14-35)15-24(21)32-22/h6-7,9-12,15,17-19,23,26,33,35-36H,5,8,13-14,16H2,1-4H3,(H,30,38)(H,31,39)/b7-6+/t18-,19+,23+,26+/m1/s1. The first-order chi connectivity index (χ1) is 19.5. The zero-order valence-corrected chi connectivity index (χ0v) is 23.8. The summed E-state index contributed by atoms with van der Waals surface area (Å²) < 4.78 is 5.00. The van der Waals surface area contributed by atoms with Crippen molar-refractivity contribution in [3.8, 4) is 0 Å². The molecule has 0 radical (unpaired) electrons. The molecular weight excluding hydrogens is 530 g/mol. The van der Waals surface area contributed by atoms with Crippen LogP contribution in [0.4, 0.5) is 0 Å². The highest BCUT2D eigenvalue weighted by atomic mass is 16.6. The van der Waals surface area contributed by atoms with Crippen molar-refractivity contribution >= 4 is 40.7 Å². The number of hydrogen-bond acceptors (Lipinski definition) is 9. The number of fused-ring (bicyclic) bond motifs is 1. The third kappa shape index (κ3) is 8.56. The highest BCUT2D eigenvalue weighted by molar-refractivity contribution is 5.90. The first-order valence-corrected chi connectivity index (χ1v) is 13.7. The minimum atomic E-state index is -1.16. The molecule has 1 fully saturated rings. The van der Waals surface area contributed by atoms with Gasteiger partial charge in [0.2, 0.25) is 5.91 Å². The molecule has 0 spiro atoms. The van der Waals surface area contributed by atoms with Gasteiger partial charge < -0.3 is 25.6 Å². The number of nitrogens with zero attached hydrogens (tertiary/aromatic N) is 2. The van der Waals surface area contributed by atoms with Gasteiger partial charge in [0, 0.05) is 11.9 Å². The van der Waals surface area contributed by atoms with Gasteiger partial charge in [0.25, 0.3) is 11.8 Å². The van der Waals surface area contributed by atoms with Gasteiger partial charge in [-0.3, -0.25) is 24.4 Å². The summed E-state index contributed by atoms with van der Waals surface area (Å²) in [5.74, 6) is -2.69. The van der Waals surface area contributed by atoms with E-state index in [1.807, 2.05) is 43.3 Å². The number of rotatable bonds is 11. The molecule has 1 aliphatic heterocycles. The van der Waals surface area contributed by atoms with Crippen LogP contribution < -0.4 is 16.1 Å². The lowest BCUT2D eigenvalue weighted by atomic mass is 10.1. The van der Waals surface area contributed by atoms with Crippen molar-refractivity contribution in [1.29, 1.82) is 0 Å². The number of aromatic nitrogens is 1. The highest BCUT2D eigenvalue weighted by Crippen LogP contribution is 2.20. The van der Waals surface area contributed by atoms with Crippen molar-refractivity contribution < 1.29 is 34.1 Å². The first kappa shape index (κ1) is 31.7. The molecule has 41 heavy (non-hydrogen) atoms. The van der Waals surface area contributed by atoms with E-state index < -0.39 is 48.6 Å². The number of ether oxygens (including phenoxy) is 1. The predicted molar refractivity (Wildman–Crippen MR) is 152 cm³/mol. The molecule has 12 heteroatoms. The average molecular weight is 570 g/mol. The van der Waals surface area contributed by atoms with E-state index in [4.69, 9.17) is 19.9 Å². The van der Waals surface area contributed by atoms with Gasteiger partial charge in [-0.1, -0.05) is 44.2 Å². The van der Waals surface area contributed by atoms with E-state index in [1.54, 1.807) is 19.9 Å². The van der Waals surface area contributed by atoms with E-state index in [0.717, 1.165) is 16.5 Å². The summed E-state index contributed by atoms with van der Waals surface area (Å²) in [7, 11) is 0. The molecule has 1 aliphatic rings. The molecule has 4 atom stereocenters. The summed E-state index contributed by atoms with van der Waals surface area (Å²) in [6.45, 7) is 6.14. The number of hydrazine groups is 1. The number of benzene rings is 1. The van der Waals surface area contributed by atoms with Gasteiger partial charge in [-0.05, 0) is 50.3 Å². The van der Waals surface area contributed by atoms with E-state index in [-0.39, 0.29) is 18.4 Å². The molecule has 12 nitrogen and oxygen atoms in total. The van der Waals surface area contributed by atoms with Crippen LogP contribution in [0.2, 0.25) is 0 Å². The second-order valence-corrected chi connectivity index (χ2v) is 10.4. The third-order valence-corrected chi connectivity index (χ3v) is 6.71. The van der Waals surface area contributed by atoms with Crippen molar-refractivity contribution in [2.45, 2.75) is 64.8 Å². The van der Waals surface area contributed by atoms with E-state index in [1.165, 1.54) is 11.9 Å².